The minimum Gasteiger partial charge on any atom is -0.493 e. The standard InChI is InChI=1S/C17H26O2S/c1-4-5-6-7-8-9-10-19-16-11-14(2)17(20-3)12-15(16)13-18/h11-13H,4-10H2,1-3H3. The van der Waals surface area contributed by atoms with Crippen molar-refractivity contribution < 1.29 is 9.53 Å². The van der Waals surface area contributed by atoms with Crippen LogP contribution in [0.25, 0.3) is 0 Å². The van der Waals surface area contributed by atoms with Gasteiger partial charge in [0.05, 0.1) is 12.2 Å². The minimum absolute atomic E-state index is 0.658. The lowest BCUT2D eigenvalue weighted by Crippen LogP contribution is -2.01. The second-order valence-corrected chi connectivity index (χ2v) is 5.94. The lowest BCUT2D eigenvalue weighted by Gasteiger charge is -2.11. The van der Waals surface area contributed by atoms with E-state index in [1.807, 2.05) is 18.4 Å². The molecule has 0 spiro atoms. The Morgan fingerprint density at radius 2 is 1.85 bits per heavy atom. The molecule has 0 aliphatic carbocycles. The zero-order chi connectivity index (χ0) is 14.8. The topological polar surface area (TPSA) is 26.3 Å². The number of carbonyl (C=O) groups excluding carboxylic acids is 1. The predicted octanol–water partition coefficient (Wildman–Crippen LogP) is 5.27. The van der Waals surface area contributed by atoms with Gasteiger partial charge in [-0.1, -0.05) is 39.0 Å². The second kappa shape index (κ2) is 9.87. The molecule has 3 heteroatoms. The molecule has 20 heavy (non-hydrogen) atoms. The quantitative estimate of drug-likeness (QED) is 0.334. The third-order valence-electron chi connectivity index (χ3n) is 3.41. The molecule has 0 aromatic heterocycles. The lowest BCUT2D eigenvalue weighted by molar-refractivity contribution is 0.111. The Hall–Kier alpha value is -0.960. The Balaban J connectivity index is 2.43. The molecular weight excluding hydrogens is 268 g/mol. The fourth-order valence-electron chi connectivity index (χ4n) is 2.18. The van der Waals surface area contributed by atoms with E-state index >= 15 is 0 Å². The Morgan fingerprint density at radius 3 is 2.50 bits per heavy atom. The summed E-state index contributed by atoms with van der Waals surface area (Å²) in [6, 6.07) is 3.90. The Bertz CT molecular complexity index is 416. The summed E-state index contributed by atoms with van der Waals surface area (Å²) < 4.78 is 5.77. The van der Waals surface area contributed by atoms with Crippen LogP contribution in [0.15, 0.2) is 17.0 Å². The van der Waals surface area contributed by atoms with Crippen LogP contribution < -0.4 is 4.74 Å². The molecule has 0 radical (unpaired) electrons. The summed E-state index contributed by atoms with van der Waals surface area (Å²) in [7, 11) is 0. The van der Waals surface area contributed by atoms with Gasteiger partial charge in [-0.2, -0.15) is 0 Å². The first kappa shape index (κ1) is 17.1. The first-order valence-electron chi connectivity index (χ1n) is 7.49. The van der Waals surface area contributed by atoms with Crippen molar-refractivity contribution in [2.24, 2.45) is 0 Å². The van der Waals surface area contributed by atoms with Crippen molar-refractivity contribution in [3.8, 4) is 5.75 Å². The average Bonchev–Trinajstić information content (AvgIpc) is 2.46. The maximum atomic E-state index is 11.1. The number of hydrogen-bond acceptors (Lipinski definition) is 3. The number of rotatable bonds is 10. The van der Waals surface area contributed by atoms with Gasteiger partial charge in [-0.25, -0.2) is 0 Å². The Morgan fingerprint density at radius 1 is 1.15 bits per heavy atom. The number of unbranched alkanes of at least 4 members (excludes halogenated alkanes) is 5. The van der Waals surface area contributed by atoms with E-state index in [1.165, 1.54) is 37.7 Å². The van der Waals surface area contributed by atoms with Crippen molar-refractivity contribution in [3.05, 3.63) is 23.3 Å². The van der Waals surface area contributed by atoms with Crippen molar-refractivity contribution in [1.82, 2.24) is 0 Å². The van der Waals surface area contributed by atoms with Crippen molar-refractivity contribution in [2.45, 2.75) is 57.3 Å². The smallest absolute Gasteiger partial charge is 0.153 e. The van der Waals surface area contributed by atoms with E-state index < -0.39 is 0 Å². The molecule has 1 aromatic carbocycles. The number of hydrogen-bond donors (Lipinski definition) is 0. The number of benzene rings is 1. The van der Waals surface area contributed by atoms with Crippen molar-refractivity contribution in [1.29, 1.82) is 0 Å². The Labute approximate surface area is 127 Å². The first-order chi connectivity index (χ1) is 9.72. The minimum atomic E-state index is 0.658. The number of aryl methyl sites for hydroxylation is 1. The molecule has 2 nitrogen and oxygen atoms in total. The normalized spacial score (nSPS) is 10.6. The van der Waals surface area contributed by atoms with Gasteiger partial charge in [0.15, 0.2) is 6.29 Å². The van der Waals surface area contributed by atoms with Crippen LogP contribution in [-0.4, -0.2) is 19.1 Å². The molecule has 0 saturated heterocycles. The van der Waals surface area contributed by atoms with Gasteiger partial charge >= 0.3 is 0 Å². The van der Waals surface area contributed by atoms with Crippen LogP contribution in [0.3, 0.4) is 0 Å². The first-order valence-corrected chi connectivity index (χ1v) is 8.72. The van der Waals surface area contributed by atoms with Gasteiger partial charge in [-0.3, -0.25) is 4.79 Å². The van der Waals surface area contributed by atoms with Gasteiger partial charge in [-0.05, 0) is 37.3 Å². The molecule has 0 aliphatic heterocycles. The highest BCUT2D eigenvalue weighted by Gasteiger charge is 2.07. The van der Waals surface area contributed by atoms with Gasteiger partial charge in [0, 0.05) is 4.90 Å². The number of ether oxygens (including phenoxy) is 1. The molecule has 1 aromatic rings. The van der Waals surface area contributed by atoms with Crippen LogP contribution in [0.4, 0.5) is 0 Å². The van der Waals surface area contributed by atoms with Crippen LogP contribution in [0.1, 0.15) is 61.4 Å². The monoisotopic (exact) mass is 294 g/mol. The van der Waals surface area contributed by atoms with Gasteiger partial charge in [0.25, 0.3) is 0 Å². The molecule has 0 aliphatic rings. The van der Waals surface area contributed by atoms with Crippen LogP contribution in [-0.2, 0) is 0 Å². The number of aldehydes is 1. The largest absolute Gasteiger partial charge is 0.493 e. The van der Waals surface area contributed by atoms with Crippen molar-refractivity contribution >= 4 is 18.0 Å². The maximum Gasteiger partial charge on any atom is 0.153 e. The molecule has 0 bridgehead atoms. The summed E-state index contributed by atoms with van der Waals surface area (Å²) in [4.78, 5) is 12.3. The van der Waals surface area contributed by atoms with E-state index in [1.54, 1.807) is 11.8 Å². The SMILES string of the molecule is CCCCCCCCOc1cc(C)c(SC)cc1C=O. The second-order valence-electron chi connectivity index (χ2n) is 5.09. The maximum absolute atomic E-state index is 11.1. The summed E-state index contributed by atoms with van der Waals surface area (Å²) >= 11 is 1.66. The molecule has 0 unspecified atom stereocenters. The highest BCUT2D eigenvalue weighted by Crippen LogP contribution is 2.28. The van der Waals surface area contributed by atoms with Gasteiger partial charge in [0.1, 0.15) is 5.75 Å². The van der Waals surface area contributed by atoms with Crippen molar-refractivity contribution in [3.63, 3.8) is 0 Å². The van der Waals surface area contributed by atoms with E-state index in [-0.39, 0.29) is 0 Å². The summed E-state index contributed by atoms with van der Waals surface area (Å²) in [6.45, 7) is 4.98. The number of carbonyl (C=O) groups is 1. The lowest BCUT2D eigenvalue weighted by atomic mass is 10.1. The van der Waals surface area contributed by atoms with E-state index in [9.17, 15) is 4.79 Å². The van der Waals surface area contributed by atoms with E-state index in [0.29, 0.717) is 12.2 Å². The predicted molar refractivity (Wildman–Crippen MR) is 87.2 cm³/mol. The van der Waals surface area contributed by atoms with Crippen LogP contribution in [0, 0.1) is 6.92 Å². The molecule has 0 saturated carbocycles. The average molecular weight is 294 g/mol. The van der Waals surface area contributed by atoms with Gasteiger partial charge in [0.2, 0.25) is 0 Å². The third kappa shape index (κ3) is 5.58. The van der Waals surface area contributed by atoms with E-state index in [4.69, 9.17) is 4.74 Å². The molecule has 0 atom stereocenters. The summed E-state index contributed by atoms with van der Waals surface area (Å²) in [5.74, 6) is 0.726. The molecule has 0 fully saturated rings. The fraction of sp³-hybridized carbons (Fsp3) is 0.588. The molecule has 0 amide bonds. The molecule has 0 N–H and O–H groups in total. The number of thioether (sulfide) groups is 1. The highest BCUT2D eigenvalue weighted by atomic mass is 32.2. The third-order valence-corrected chi connectivity index (χ3v) is 4.29. The van der Waals surface area contributed by atoms with Crippen LogP contribution in [0.5, 0.6) is 5.75 Å². The molecule has 0 heterocycles. The molecule has 112 valence electrons. The van der Waals surface area contributed by atoms with E-state index in [0.717, 1.165) is 23.4 Å². The van der Waals surface area contributed by atoms with Gasteiger partial charge < -0.3 is 4.74 Å². The fourth-order valence-corrected chi connectivity index (χ4v) is 2.80. The zero-order valence-electron chi connectivity index (χ0n) is 12.9. The Kier molecular flexibility index (Phi) is 8.43. The van der Waals surface area contributed by atoms with Crippen LogP contribution >= 0.6 is 11.8 Å². The zero-order valence-corrected chi connectivity index (χ0v) is 13.7. The van der Waals surface area contributed by atoms with E-state index in [2.05, 4.69) is 13.8 Å². The highest BCUT2D eigenvalue weighted by molar-refractivity contribution is 7.98. The molecule has 1 rings (SSSR count). The summed E-state index contributed by atoms with van der Waals surface area (Å²) in [5.41, 5.74) is 1.83. The molecular formula is C17H26O2S. The summed E-state index contributed by atoms with van der Waals surface area (Å²) in [6.07, 6.45) is 10.4. The van der Waals surface area contributed by atoms with Gasteiger partial charge in [-0.15, -0.1) is 11.8 Å². The summed E-state index contributed by atoms with van der Waals surface area (Å²) in [5, 5.41) is 0. The van der Waals surface area contributed by atoms with Crippen molar-refractivity contribution in [2.75, 3.05) is 12.9 Å². The van der Waals surface area contributed by atoms with Crippen LogP contribution in [0.2, 0.25) is 0 Å².